The van der Waals surface area contributed by atoms with Crippen LogP contribution in [0.15, 0.2) is 40.4 Å². The summed E-state index contributed by atoms with van der Waals surface area (Å²) in [5.41, 5.74) is 2.38. The lowest BCUT2D eigenvalue weighted by Gasteiger charge is -2.27. The fourth-order valence-electron chi connectivity index (χ4n) is 4.99. The summed E-state index contributed by atoms with van der Waals surface area (Å²) in [6.45, 7) is 0.135. The van der Waals surface area contributed by atoms with Crippen molar-refractivity contribution >= 4 is 17.8 Å². The van der Waals surface area contributed by atoms with Crippen molar-refractivity contribution in [2.24, 2.45) is 4.99 Å². The first-order chi connectivity index (χ1) is 19.6. The molecule has 11 nitrogen and oxygen atoms in total. The second-order valence-corrected chi connectivity index (χ2v) is 10.9. The van der Waals surface area contributed by atoms with Crippen molar-refractivity contribution in [2.75, 3.05) is 7.11 Å². The maximum atomic E-state index is 13.3. The van der Waals surface area contributed by atoms with E-state index in [9.17, 15) is 18.0 Å². The van der Waals surface area contributed by atoms with E-state index >= 15 is 0 Å². The van der Waals surface area contributed by atoms with E-state index in [1.807, 2.05) is 0 Å². The van der Waals surface area contributed by atoms with Gasteiger partial charge in [-0.05, 0) is 31.2 Å². The first-order valence-corrected chi connectivity index (χ1v) is 13.4. The third-order valence-corrected chi connectivity index (χ3v) is 7.69. The average Bonchev–Trinajstić information content (AvgIpc) is 3.89. The van der Waals surface area contributed by atoms with Gasteiger partial charge in [-0.2, -0.15) is 13.2 Å². The predicted octanol–water partition coefficient (Wildman–Crippen LogP) is 2.52. The smallest absolute Gasteiger partial charge is 0.453 e. The molecule has 0 amide bonds. The molecule has 3 aromatic heterocycles. The van der Waals surface area contributed by atoms with Crippen molar-refractivity contribution in [2.45, 2.75) is 55.5 Å². The number of ether oxygens (including phenoxy) is 1. The van der Waals surface area contributed by atoms with Crippen molar-refractivity contribution in [3.05, 3.63) is 74.6 Å². The Morgan fingerprint density at radius 2 is 1.90 bits per heavy atom. The largest absolute Gasteiger partial charge is 0.481 e. The van der Waals surface area contributed by atoms with Crippen LogP contribution in [0.5, 0.6) is 5.88 Å². The number of aromatic nitrogens is 7. The van der Waals surface area contributed by atoms with Crippen LogP contribution in [-0.4, -0.2) is 41.4 Å². The van der Waals surface area contributed by atoms with E-state index in [4.69, 9.17) is 21.3 Å². The Bertz CT molecular complexity index is 1840. The number of halogens is 4. The quantitative estimate of drug-likeness (QED) is 0.252. The van der Waals surface area contributed by atoms with Crippen LogP contribution < -0.4 is 26.6 Å². The van der Waals surface area contributed by atoms with Crippen LogP contribution in [0.4, 0.5) is 13.2 Å². The van der Waals surface area contributed by atoms with Crippen LogP contribution in [0.3, 0.4) is 0 Å². The molecule has 0 radical (unpaired) electrons. The monoisotopic (exact) mass is 585 g/mol. The number of nitrogens with zero attached hydrogens (tertiary/aromatic N) is 7. The lowest BCUT2D eigenvalue weighted by atomic mass is 10.1. The Balaban J connectivity index is 1.24. The van der Waals surface area contributed by atoms with Gasteiger partial charge in [0.1, 0.15) is 11.7 Å². The first-order valence-electron chi connectivity index (χ1n) is 13.0. The van der Waals surface area contributed by atoms with E-state index in [-0.39, 0.29) is 30.2 Å². The molecular weight excluding hydrogens is 563 g/mol. The minimum Gasteiger partial charge on any atom is -0.481 e. The van der Waals surface area contributed by atoms with Gasteiger partial charge in [0.15, 0.2) is 11.3 Å². The van der Waals surface area contributed by atoms with Gasteiger partial charge in [-0.1, -0.05) is 35.9 Å². The van der Waals surface area contributed by atoms with Crippen LogP contribution in [0, 0.1) is 0 Å². The summed E-state index contributed by atoms with van der Waals surface area (Å²) in [5, 5.41) is 5.71. The molecule has 2 aliphatic carbocycles. The van der Waals surface area contributed by atoms with E-state index in [1.165, 1.54) is 22.7 Å². The summed E-state index contributed by atoms with van der Waals surface area (Å²) in [4.78, 5) is 32.9. The number of hydrogen-bond acceptors (Lipinski definition) is 8. The van der Waals surface area contributed by atoms with Gasteiger partial charge in [-0.3, -0.25) is 4.57 Å². The second kappa shape index (κ2) is 9.16. The number of methoxy groups -OCH3 is 1. The van der Waals surface area contributed by atoms with E-state index in [2.05, 4.69) is 30.4 Å². The third kappa shape index (κ3) is 4.55. The van der Waals surface area contributed by atoms with Gasteiger partial charge < -0.3 is 15.0 Å². The van der Waals surface area contributed by atoms with Gasteiger partial charge in [0.25, 0.3) is 5.82 Å². The molecule has 1 aliphatic heterocycles. The normalized spacial score (nSPS) is 20.1. The highest BCUT2D eigenvalue weighted by atomic mass is 35.5. The van der Waals surface area contributed by atoms with Gasteiger partial charge in [0.2, 0.25) is 11.0 Å². The van der Waals surface area contributed by atoms with Gasteiger partial charge in [0.05, 0.1) is 31.0 Å². The molecule has 7 rings (SSSR count). The number of aromatic amines is 1. The van der Waals surface area contributed by atoms with E-state index in [0.29, 0.717) is 22.0 Å². The number of imidazole rings is 1. The fourth-order valence-corrected chi connectivity index (χ4v) is 5.30. The SMILES string of the molecule is COc1ncnc(C2CC2)c1C1(Cl)N=c2c([nH]c(=O)n2Cc2ccc(-c3nc(C(F)(F)F)nn3C3CC3)cc2)=CN1. The highest BCUT2D eigenvalue weighted by Crippen LogP contribution is 2.46. The maximum Gasteiger partial charge on any atom is 0.453 e. The summed E-state index contributed by atoms with van der Waals surface area (Å²) >= 11 is 7.05. The van der Waals surface area contributed by atoms with E-state index in [1.54, 1.807) is 30.5 Å². The van der Waals surface area contributed by atoms with Gasteiger partial charge in [-0.25, -0.2) is 29.4 Å². The second-order valence-electron chi connectivity index (χ2n) is 10.3. The molecule has 0 saturated heterocycles. The standard InChI is InChI=1S/C26H23ClF3N9O2/c1-41-22-18(19(14-6-7-14)31-12-32-22)25(27)33-10-17-21(36-25)38(24(40)34-17)11-13-2-4-15(5-3-13)20-35-23(26(28,29)30)37-39(20)16-8-9-16/h2-5,10,12,14,16,33H,6-9,11H2,1H3,(H,34,40). The lowest BCUT2D eigenvalue weighted by molar-refractivity contribution is -0.145. The van der Waals surface area contributed by atoms with E-state index < -0.39 is 22.8 Å². The van der Waals surface area contributed by atoms with Crippen LogP contribution in [-0.2, 0) is 17.8 Å². The molecule has 212 valence electrons. The topological polar surface area (TPSA) is 128 Å². The molecule has 2 N–H and O–H groups in total. The molecule has 41 heavy (non-hydrogen) atoms. The summed E-state index contributed by atoms with van der Waals surface area (Å²) in [6, 6.07) is 6.73. The summed E-state index contributed by atoms with van der Waals surface area (Å²) in [6.07, 6.45) is 1.83. The summed E-state index contributed by atoms with van der Waals surface area (Å²) in [7, 11) is 1.49. The molecule has 15 heteroatoms. The molecule has 2 saturated carbocycles. The number of H-pyrrole nitrogens is 1. The lowest BCUT2D eigenvalue weighted by Crippen LogP contribution is -2.46. The number of fused-ring (bicyclic) bond motifs is 1. The molecular formula is C26H23ClF3N9O2. The summed E-state index contributed by atoms with van der Waals surface area (Å²) < 4.78 is 48.2. The Labute approximate surface area is 234 Å². The van der Waals surface area contributed by atoms with Crippen LogP contribution in [0.1, 0.15) is 60.3 Å². The molecule has 2 fully saturated rings. The zero-order chi connectivity index (χ0) is 28.5. The molecule has 4 heterocycles. The first kappa shape index (κ1) is 25.7. The average molecular weight is 586 g/mol. The molecule has 4 aromatic rings. The third-order valence-electron chi connectivity index (χ3n) is 7.31. The highest BCUT2D eigenvalue weighted by molar-refractivity contribution is 6.24. The fraction of sp³-hybridized carbons (Fsp3) is 0.385. The van der Waals surface area contributed by atoms with Crippen molar-refractivity contribution < 1.29 is 17.9 Å². The minimum absolute atomic E-state index is 0.0883. The Kier molecular flexibility index (Phi) is 5.75. The van der Waals surface area contributed by atoms with Crippen molar-refractivity contribution in [3.63, 3.8) is 0 Å². The Hall–Kier alpha value is -4.20. The molecule has 0 bridgehead atoms. The van der Waals surface area contributed by atoms with Crippen molar-refractivity contribution in [1.82, 2.24) is 39.6 Å². The number of hydrogen-bond donors (Lipinski definition) is 2. The molecule has 1 unspecified atom stereocenters. The number of benzene rings is 1. The van der Waals surface area contributed by atoms with Crippen LogP contribution in [0.25, 0.3) is 17.6 Å². The van der Waals surface area contributed by atoms with E-state index in [0.717, 1.165) is 36.9 Å². The van der Waals surface area contributed by atoms with Gasteiger partial charge in [0, 0.05) is 17.7 Å². The van der Waals surface area contributed by atoms with Crippen LogP contribution >= 0.6 is 11.6 Å². The summed E-state index contributed by atoms with van der Waals surface area (Å²) in [5.74, 6) is -0.482. The molecule has 1 atom stereocenters. The number of nitrogens with one attached hydrogen (secondary N) is 2. The molecule has 3 aliphatic rings. The predicted molar refractivity (Wildman–Crippen MR) is 139 cm³/mol. The zero-order valence-electron chi connectivity index (χ0n) is 21.6. The van der Waals surface area contributed by atoms with Gasteiger partial charge >= 0.3 is 11.9 Å². The maximum absolute atomic E-state index is 13.3. The number of rotatable bonds is 7. The molecule has 0 spiro atoms. The Morgan fingerprint density at radius 3 is 2.56 bits per heavy atom. The number of alkyl halides is 4. The van der Waals surface area contributed by atoms with Crippen molar-refractivity contribution in [1.29, 1.82) is 0 Å². The van der Waals surface area contributed by atoms with Gasteiger partial charge in [-0.15, -0.1) is 5.10 Å². The van der Waals surface area contributed by atoms with Crippen molar-refractivity contribution in [3.8, 4) is 17.3 Å². The Morgan fingerprint density at radius 1 is 1.15 bits per heavy atom. The minimum atomic E-state index is -4.63. The zero-order valence-corrected chi connectivity index (χ0v) is 22.4. The molecule has 1 aromatic carbocycles. The van der Waals surface area contributed by atoms with Crippen LogP contribution in [0.2, 0.25) is 0 Å². The highest BCUT2D eigenvalue weighted by Gasteiger charge is 2.42.